The van der Waals surface area contributed by atoms with E-state index in [1.54, 1.807) is 29.8 Å². The fraction of sp³-hybridized carbons (Fsp3) is 0.294. The number of methoxy groups -OCH3 is 1. The van der Waals surface area contributed by atoms with Gasteiger partial charge in [0.25, 0.3) is 0 Å². The van der Waals surface area contributed by atoms with E-state index in [2.05, 4.69) is 15.3 Å². The number of anilines is 3. The number of carbonyl (C=O) groups excluding carboxylic acids is 2. The molecule has 1 aliphatic heterocycles. The Morgan fingerprint density at radius 3 is 2.72 bits per heavy atom. The molecule has 1 saturated heterocycles. The minimum Gasteiger partial charge on any atom is -0.464 e. The van der Waals surface area contributed by atoms with Crippen LogP contribution in [0.5, 0.6) is 0 Å². The smallest absolute Gasteiger partial charge is 0.356 e. The number of hydrogen-bond donors (Lipinski definition) is 1. The molecule has 0 unspecified atom stereocenters. The molecule has 1 fully saturated rings. The Kier molecular flexibility index (Phi) is 4.51. The molecule has 0 atom stereocenters. The first-order valence-corrected chi connectivity index (χ1v) is 7.81. The largest absolute Gasteiger partial charge is 0.464 e. The number of rotatable bonds is 4. The molecular formula is C17H19N5O3. The lowest BCUT2D eigenvalue weighted by molar-refractivity contribution is 0.0594. The number of aryl methyl sites for hydroxylation is 1. The number of ether oxygens (including phenoxy) is 1. The Bertz CT molecular complexity index is 824. The summed E-state index contributed by atoms with van der Waals surface area (Å²) in [6.45, 7) is 3.11. The van der Waals surface area contributed by atoms with Crippen molar-refractivity contribution in [3.05, 3.63) is 41.7 Å². The Labute approximate surface area is 145 Å². The SMILES string of the molecule is COC(=O)c1cc(C)nc(Nc2cccc(N3CCN(C)C3=O)c2)n1. The molecule has 1 N–H and O–H groups in total. The van der Waals surface area contributed by atoms with Crippen LogP contribution in [-0.2, 0) is 4.74 Å². The standard InChI is InChI=1S/C17H19N5O3/c1-11-9-14(15(23)25-3)20-16(18-11)19-12-5-4-6-13(10-12)22-8-7-21(2)17(22)24/h4-6,9-10H,7-8H2,1-3H3,(H,18,19,20). The van der Waals surface area contributed by atoms with Gasteiger partial charge in [-0.25, -0.2) is 19.6 Å². The summed E-state index contributed by atoms with van der Waals surface area (Å²) in [6, 6.07) is 8.95. The zero-order valence-electron chi connectivity index (χ0n) is 14.3. The van der Waals surface area contributed by atoms with Crippen LogP contribution in [0.2, 0.25) is 0 Å². The van der Waals surface area contributed by atoms with Crippen LogP contribution < -0.4 is 10.2 Å². The third-order valence-corrected chi connectivity index (χ3v) is 3.88. The average molecular weight is 341 g/mol. The van der Waals surface area contributed by atoms with E-state index < -0.39 is 5.97 Å². The summed E-state index contributed by atoms with van der Waals surface area (Å²) in [7, 11) is 3.08. The Morgan fingerprint density at radius 1 is 1.24 bits per heavy atom. The van der Waals surface area contributed by atoms with Gasteiger partial charge in [0.2, 0.25) is 5.95 Å². The van der Waals surface area contributed by atoms with Crippen molar-refractivity contribution >= 4 is 29.3 Å². The van der Waals surface area contributed by atoms with Crippen molar-refractivity contribution in [2.24, 2.45) is 0 Å². The van der Waals surface area contributed by atoms with Gasteiger partial charge in [0.1, 0.15) is 0 Å². The monoisotopic (exact) mass is 341 g/mol. The van der Waals surface area contributed by atoms with Gasteiger partial charge in [-0.2, -0.15) is 0 Å². The number of likely N-dealkylation sites (N-methyl/N-ethyl adjacent to an activating group) is 1. The number of carbonyl (C=O) groups is 2. The van der Waals surface area contributed by atoms with Crippen molar-refractivity contribution < 1.29 is 14.3 Å². The van der Waals surface area contributed by atoms with Crippen LogP contribution in [-0.4, -0.2) is 54.1 Å². The van der Waals surface area contributed by atoms with Crippen LogP contribution in [0.25, 0.3) is 0 Å². The van der Waals surface area contributed by atoms with Crippen LogP contribution in [0.1, 0.15) is 16.2 Å². The van der Waals surface area contributed by atoms with Crippen molar-refractivity contribution in [2.75, 3.05) is 37.5 Å². The van der Waals surface area contributed by atoms with Gasteiger partial charge in [-0.05, 0) is 31.2 Å². The van der Waals surface area contributed by atoms with Crippen molar-refractivity contribution in [3.8, 4) is 0 Å². The number of esters is 1. The molecule has 25 heavy (non-hydrogen) atoms. The molecule has 130 valence electrons. The zero-order valence-corrected chi connectivity index (χ0v) is 14.3. The van der Waals surface area contributed by atoms with E-state index in [1.165, 1.54) is 7.11 Å². The summed E-state index contributed by atoms with van der Waals surface area (Å²) in [5, 5.41) is 3.07. The highest BCUT2D eigenvalue weighted by molar-refractivity contribution is 5.94. The van der Waals surface area contributed by atoms with E-state index in [9.17, 15) is 9.59 Å². The van der Waals surface area contributed by atoms with Crippen molar-refractivity contribution in [2.45, 2.75) is 6.92 Å². The summed E-state index contributed by atoms with van der Waals surface area (Å²) in [4.78, 5) is 35.6. The number of amides is 2. The van der Waals surface area contributed by atoms with Gasteiger partial charge in [-0.1, -0.05) is 6.07 Å². The molecule has 0 aliphatic carbocycles. The second-order valence-electron chi connectivity index (χ2n) is 5.74. The maximum atomic E-state index is 12.1. The molecule has 2 amide bonds. The number of nitrogens with zero attached hydrogens (tertiary/aromatic N) is 4. The van der Waals surface area contributed by atoms with E-state index in [0.717, 1.165) is 11.4 Å². The fourth-order valence-corrected chi connectivity index (χ4v) is 2.60. The summed E-state index contributed by atoms with van der Waals surface area (Å²) in [5.41, 5.74) is 2.34. The number of nitrogens with one attached hydrogen (secondary N) is 1. The van der Waals surface area contributed by atoms with E-state index in [1.807, 2.05) is 24.3 Å². The summed E-state index contributed by atoms with van der Waals surface area (Å²) in [5.74, 6) is -0.226. The maximum absolute atomic E-state index is 12.1. The normalized spacial score (nSPS) is 14.0. The first-order chi connectivity index (χ1) is 12.0. The van der Waals surface area contributed by atoms with Crippen LogP contribution in [0.4, 0.5) is 22.1 Å². The Balaban J connectivity index is 1.84. The van der Waals surface area contributed by atoms with E-state index in [4.69, 9.17) is 4.74 Å². The number of benzene rings is 1. The molecular weight excluding hydrogens is 322 g/mol. The van der Waals surface area contributed by atoms with E-state index in [0.29, 0.717) is 24.7 Å². The van der Waals surface area contributed by atoms with Gasteiger partial charge in [-0.15, -0.1) is 0 Å². The molecule has 0 radical (unpaired) electrons. The average Bonchev–Trinajstić information content (AvgIpc) is 2.93. The van der Waals surface area contributed by atoms with Crippen LogP contribution in [0, 0.1) is 6.92 Å². The van der Waals surface area contributed by atoms with Crippen LogP contribution in [0.3, 0.4) is 0 Å². The predicted molar refractivity (Wildman–Crippen MR) is 93.2 cm³/mol. The van der Waals surface area contributed by atoms with Crippen molar-refractivity contribution in [1.82, 2.24) is 14.9 Å². The fourth-order valence-electron chi connectivity index (χ4n) is 2.60. The molecule has 1 aromatic heterocycles. The molecule has 0 bridgehead atoms. The lowest BCUT2D eigenvalue weighted by atomic mass is 10.2. The van der Waals surface area contributed by atoms with Crippen LogP contribution in [0.15, 0.2) is 30.3 Å². The highest BCUT2D eigenvalue weighted by Crippen LogP contribution is 2.24. The molecule has 2 heterocycles. The predicted octanol–water partition coefficient (Wildman–Crippen LogP) is 2.19. The van der Waals surface area contributed by atoms with Gasteiger partial charge in [0.05, 0.1) is 7.11 Å². The number of urea groups is 1. The molecule has 1 aliphatic rings. The first-order valence-electron chi connectivity index (χ1n) is 7.81. The molecule has 8 heteroatoms. The minimum atomic E-state index is -0.520. The maximum Gasteiger partial charge on any atom is 0.356 e. The highest BCUT2D eigenvalue weighted by atomic mass is 16.5. The van der Waals surface area contributed by atoms with Gasteiger partial charge in [0.15, 0.2) is 5.69 Å². The highest BCUT2D eigenvalue weighted by Gasteiger charge is 2.26. The lowest BCUT2D eigenvalue weighted by Crippen LogP contribution is -2.29. The zero-order chi connectivity index (χ0) is 18.0. The molecule has 0 spiro atoms. The summed E-state index contributed by atoms with van der Waals surface area (Å²) < 4.78 is 4.70. The lowest BCUT2D eigenvalue weighted by Gasteiger charge is -2.17. The third-order valence-electron chi connectivity index (χ3n) is 3.88. The van der Waals surface area contributed by atoms with Gasteiger partial charge in [0, 0.05) is 37.2 Å². The minimum absolute atomic E-state index is 0.0306. The topological polar surface area (TPSA) is 87.7 Å². The molecule has 1 aromatic carbocycles. The first kappa shape index (κ1) is 16.7. The van der Waals surface area contributed by atoms with Crippen molar-refractivity contribution in [3.63, 3.8) is 0 Å². The van der Waals surface area contributed by atoms with Gasteiger partial charge in [-0.3, -0.25) is 4.90 Å². The van der Waals surface area contributed by atoms with E-state index >= 15 is 0 Å². The number of aromatic nitrogens is 2. The molecule has 8 nitrogen and oxygen atoms in total. The molecule has 0 saturated carbocycles. The van der Waals surface area contributed by atoms with Crippen LogP contribution >= 0.6 is 0 Å². The van der Waals surface area contributed by atoms with Gasteiger partial charge >= 0.3 is 12.0 Å². The third kappa shape index (κ3) is 3.52. The number of hydrogen-bond acceptors (Lipinski definition) is 6. The Morgan fingerprint density at radius 2 is 2.04 bits per heavy atom. The second kappa shape index (κ2) is 6.76. The quantitative estimate of drug-likeness (QED) is 0.858. The summed E-state index contributed by atoms with van der Waals surface area (Å²) >= 11 is 0. The Hall–Kier alpha value is -3.16. The van der Waals surface area contributed by atoms with Gasteiger partial charge < -0.3 is 15.0 Å². The molecule has 2 aromatic rings. The van der Waals surface area contributed by atoms with Crippen molar-refractivity contribution in [1.29, 1.82) is 0 Å². The van der Waals surface area contributed by atoms with E-state index in [-0.39, 0.29) is 11.7 Å². The summed E-state index contributed by atoms with van der Waals surface area (Å²) in [6.07, 6.45) is 0. The second-order valence-corrected chi connectivity index (χ2v) is 5.74. The molecule has 3 rings (SSSR count).